The summed E-state index contributed by atoms with van der Waals surface area (Å²) in [6.45, 7) is 6.39. The maximum Gasteiger partial charge on any atom is 0.223 e. The van der Waals surface area contributed by atoms with Crippen molar-refractivity contribution in [2.24, 2.45) is 16.1 Å². The molecule has 0 bridgehead atoms. The van der Waals surface area contributed by atoms with E-state index in [0.29, 0.717) is 38.1 Å². The van der Waals surface area contributed by atoms with E-state index in [1.54, 1.807) is 0 Å². The minimum Gasteiger partial charge on any atom is -0.356 e. The van der Waals surface area contributed by atoms with Crippen LogP contribution in [-0.2, 0) is 14.4 Å². The van der Waals surface area contributed by atoms with Gasteiger partial charge in [0.05, 0.1) is 13.1 Å². The van der Waals surface area contributed by atoms with Gasteiger partial charge < -0.3 is 10.2 Å². The fraction of sp³-hybridized carbons (Fsp3) is 0.722. The highest BCUT2D eigenvalue weighted by Crippen LogP contribution is 2.32. The highest BCUT2D eigenvalue weighted by atomic mass is 16.2. The first kappa shape index (κ1) is 20.8. The van der Waals surface area contributed by atoms with Crippen molar-refractivity contribution in [1.82, 2.24) is 10.2 Å². The van der Waals surface area contributed by atoms with Crippen LogP contribution in [0.1, 0.15) is 52.9 Å². The Morgan fingerprint density at radius 1 is 1.24 bits per heavy atom. The van der Waals surface area contributed by atoms with Gasteiger partial charge in [-0.1, -0.05) is 19.8 Å². The van der Waals surface area contributed by atoms with Crippen LogP contribution in [0.4, 0.5) is 0 Å². The SMILES string of the molecule is C#CCN(CC(=O)CCCNC(=O)CC(C)C)C(=O)CCC1(C)N=N1. The van der Waals surface area contributed by atoms with E-state index in [1.807, 2.05) is 20.8 Å². The van der Waals surface area contributed by atoms with E-state index >= 15 is 0 Å². The molecule has 1 heterocycles. The number of terminal acetylenes is 1. The van der Waals surface area contributed by atoms with Crippen molar-refractivity contribution in [3.8, 4) is 12.3 Å². The number of Topliss-reactive ketones (excluding diaryl/α,β-unsaturated/α-hetero) is 1. The second-order valence-corrected chi connectivity index (χ2v) is 6.96. The number of nitrogens with zero attached hydrogens (tertiary/aromatic N) is 3. The number of rotatable bonds is 12. The van der Waals surface area contributed by atoms with Gasteiger partial charge in [-0.3, -0.25) is 14.4 Å². The molecule has 0 atom stereocenters. The molecular weight excluding hydrogens is 320 g/mol. The van der Waals surface area contributed by atoms with E-state index in [2.05, 4.69) is 21.5 Å². The summed E-state index contributed by atoms with van der Waals surface area (Å²) in [7, 11) is 0. The minimum absolute atomic E-state index is 0.00372. The van der Waals surface area contributed by atoms with Gasteiger partial charge in [-0.25, -0.2) is 0 Å². The average Bonchev–Trinajstić information content (AvgIpc) is 3.26. The molecule has 1 aliphatic rings. The third-order valence-electron chi connectivity index (χ3n) is 3.80. The van der Waals surface area contributed by atoms with Crippen LogP contribution in [0.25, 0.3) is 0 Å². The molecule has 1 aliphatic heterocycles. The third kappa shape index (κ3) is 8.99. The fourth-order valence-corrected chi connectivity index (χ4v) is 2.28. The lowest BCUT2D eigenvalue weighted by molar-refractivity contribution is -0.135. The topological polar surface area (TPSA) is 91.2 Å². The van der Waals surface area contributed by atoms with Crippen LogP contribution >= 0.6 is 0 Å². The van der Waals surface area contributed by atoms with Crippen LogP contribution in [0.2, 0.25) is 0 Å². The molecule has 1 rings (SSSR count). The summed E-state index contributed by atoms with van der Waals surface area (Å²) in [6.07, 6.45) is 7.43. The lowest BCUT2D eigenvalue weighted by Gasteiger charge is -2.20. The van der Waals surface area contributed by atoms with Gasteiger partial charge in [0.25, 0.3) is 0 Å². The van der Waals surface area contributed by atoms with Crippen LogP contribution in [0.15, 0.2) is 10.2 Å². The molecule has 0 aromatic carbocycles. The molecule has 0 aromatic rings. The van der Waals surface area contributed by atoms with Crippen molar-refractivity contribution < 1.29 is 14.4 Å². The largest absolute Gasteiger partial charge is 0.356 e. The summed E-state index contributed by atoms with van der Waals surface area (Å²) in [5.74, 6) is 2.50. The van der Waals surface area contributed by atoms with Crippen molar-refractivity contribution >= 4 is 17.6 Å². The number of carbonyl (C=O) groups excluding carboxylic acids is 3. The van der Waals surface area contributed by atoms with E-state index in [1.165, 1.54) is 4.90 Å². The Kier molecular flexibility index (Phi) is 8.26. The Labute approximate surface area is 149 Å². The Bertz CT molecular complexity index is 557. The van der Waals surface area contributed by atoms with E-state index in [0.717, 1.165) is 0 Å². The summed E-state index contributed by atoms with van der Waals surface area (Å²) in [5.41, 5.74) is -0.435. The predicted octanol–water partition coefficient (Wildman–Crippen LogP) is 1.92. The first-order valence-corrected chi connectivity index (χ1v) is 8.69. The summed E-state index contributed by atoms with van der Waals surface area (Å²) in [5, 5.41) is 10.5. The first-order chi connectivity index (χ1) is 11.8. The Balaban J connectivity index is 2.27. The molecule has 1 N–H and O–H groups in total. The maximum absolute atomic E-state index is 12.2. The summed E-state index contributed by atoms with van der Waals surface area (Å²) in [6, 6.07) is 0. The molecule has 7 nitrogen and oxygen atoms in total. The maximum atomic E-state index is 12.2. The van der Waals surface area contributed by atoms with Crippen LogP contribution in [-0.4, -0.2) is 47.8 Å². The molecule has 0 saturated heterocycles. The number of hydrogen-bond acceptors (Lipinski definition) is 5. The zero-order valence-corrected chi connectivity index (χ0v) is 15.4. The van der Waals surface area contributed by atoms with Gasteiger partial charge >= 0.3 is 0 Å². The lowest BCUT2D eigenvalue weighted by Crippen LogP contribution is -2.36. The quantitative estimate of drug-likeness (QED) is 0.431. The van der Waals surface area contributed by atoms with Crippen molar-refractivity contribution in [3.05, 3.63) is 0 Å². The van der Waals surface area contributed by atoms with Gasteiger partial charge in [-0.2, -0.15) is 10.2 Å². The highest BCUT2D eigenvalue weighted by Gasteiger charge is 2.34. The molecule has 7 heteroatoms. The monoisotopic (exact) mass is 348 g/mol. The molecule has 0 unspecified atom stereocenters. The van der Waals surface area contributed by atoms with Gasteiger partial charge in [0.2, 0.25) is 11.8 Å². The molecule has 2 amide bonds. The number of hydrogen-bond donors (Lipinski definition) is 1. The molecule has 0 spiro atoms. The summed E-state index contributed by atoms with van der Waals surface area (Å²) in [4.78, 5) is 37.2. The molecule has 0 saturated carbocycles. The Morgan fingerprint density at radius 3 is 2.48 bits per heavy atom. The standard InChI is InChI=1S/C18H28N4O3/c1-5-11-22(17(25)8-9-18(4)20-21-18)13-15(23)7-6-10-19-16(24)12-14(2)3/h1,14H,6-13H2,2-4H3,(H,19,24). The van der Waals surface area contributed by atoms with Crippen molar-refractivity contribution in [2.45, 2.75) is 58.5 Å². The number of carbonyl (C=O) groups is 3. The zero-order chi connectivity index (χ0) is 18.9. The molecule has 138 valence electrons. The normalized spacial score (nSPS) is 14.0. The van der Waals surface area contributed by atoms with Crippen molar-refractivity contribution in [3.63, 3.8) is 0 Å². The first-order valence-electron chi connectivity index (χ1n) is 8.69. The lowest BCUT2D eigenvalue weighted by atomic mass is 10.1. The molecule has 25 heavy (non-hydrogen) atoms. The second kappa shape index (κ2) is 9.92. The van der Waals surface area contributed by atoms with Crippen LogP contribution < -0.4 is 5.32 Å². The summed E-state index contributed by atoms with van der Waals surface area (Å²) < 4.78 is 0. The molecule has 0 aromatic heterocycles. The van der Waals surface area contributed by atoms with Crippen molar-refractivity contribution in [2.75, 3.05) is 19.6 Å². The third-order valence-corrected chi connectivity index (χ3v) is 3.80. The van der Waals surface area contributed by atoms with Gasteiger partial charge in [0.15, 0.2) is 11.4 Å². The minimum atomic E-state index is -0.435. The number of ketones is 1. The van der Waals surface area contributed by atoms with E-state index in [4.69, 9.17) is 6.42 Å². The molecule has 0 aliphatic carbocycles. The van der Waals surface area contributed by atoms with Gasteiger partial charge in [0, 0.05) is 32.2 Å². The van der Waals surface area contributed by atoms with E-state index in [9.17, 15) is 14.4 Å². The highest BCUT2D eigenvalue weighted by molar-refractivity contribution is 5.86. The van der Waals surface area contributed by atoms with Gasteiger partial charge in [-0.05, 0) is 19.3 Å². The smallest absolute Gasteiger partial charge is 0.223 e. The Hall–Kier alpha value is -2.23. The molecular formula is C18H28N4O3. The average molecular weight is 348 g/mol. The second-order valence-electron chi connectivity index (χ2n) is 6.96. The van der Waals surface area contributed by atoms with Gasteiger partial charge in [0.1, 0.15) is 0 Å². The van der Waals surface area contributed by atoms with Gasteiger partial charge in [-0.15, -0.1) is 6.42 Å². The van der Waals surface area contributed by atoms with E-state index < -0.39 is 5.66 Å². The van der Waals surface area contributed by atoms with Crippen LogP contribution in [0.3, 0.4) is 0 Å². The number of amides is 2. The van der Waals surface area contributed by atoms with Crippen molar-refractivity contribution in [1.29, 1.82) is 0 Å². The molecule has 0 radical (unpaired) electrons. The fourth-order valence-electron chi connectivity index (χ4n) is 2.28. The zero-order valence-electron chi connectivity index (χ0n) is 15.4. The van der Waals surface area contributed by atoms with E-state index in [-0.39, 0.29) is 37.1 Å². The van der Waals surface area contributed by atoms with Crippen LogP contribution in [0.5, 0.6) is 0 Å². The predicted molar refractivity (Wildman–Crippen MR) is 94.6 cm³/mol. The molecule has 0 fully saturated rings. The Morgan fingerprint density at radius 2 is 1.92 bits per heavy atom. The summed E-state index contributed by atoms with van der Waals surface area (Å²) >= 11 is 0. The number of nitrogens with one attached hydrogen (secondary N) is 1. The van der Waals surface area contributed by atoms with Crippen LogP contribution in [0, 0.1) is 18.3 Å².